The van der Waals surface area contributed by atoms with Gasteiger partial charge in [-0.1, -0.05) is 108 Å². The summed E-state index contributed by atoms with van der Waals surface area (Å²) in [5.41, 5.74) is 19.0. The summed E-state index contributed by atoms with van der Waals surface area (Å²) in [4.78, 5) is 92.3. The summed E-state index contributed by atoms with van der Waals surface area (Å²) in [5.74, 6) is 3.76. The molecule has 3 fully saturated rings. The fourth-order valence-corrected chi connectivity index (χ4v) is 16.8. The van der Waals surface area contributed by atoms with Gasteiger partial charge in [-0.25, -0.2) is 0 Å². The lowest BCUT2D eigenvalue weighted by molar-refractivity contribution is -0.251. The molecule has 0 aliphatic carbocycles. The molecule has 2 amide bonds. The van der Waals surface area contributed by atoms with Crippen molar-refractivity contribution in [2.45, 2.75) is 319 Å². The van der Waals surface area contributed by atoms with Gasteiger partial charge >= 0.3 is 0 Å². The van der Waals surface area contributed by atoms with Crippen molar-refractivity contribution in [1.29, 1.82) is 0 Å². The van der Waals surface area contributed by atoms with Gasteiger partial charge in [0.15, 0.2) is 18.9 Å². The largest absolute Gasteiger partial charge is 0.401 e. The van der Waals surface area contributed by atoms with E-state index >= 15 is 0 Å². The number of carbonyl (C=O) groups excluding carboxylic acids is 7. The van der Waals surface area contributed by atoms with Crippen LogP contribution < -0.4 is 43.8 Å². The molecule has 3 aliphatic rings. The van der Waals surface area contributed by atoms with Gasteiger partial charge in [0.25, 0.3) is 0 Å². The number of nitrogens with one attached hydrogen (secondary N) is 5. The normalized spacial score (nSPS) is 22.3. The van der Waals surface area contributed by atoms with E-state index in [2.05, 4.69) is 120 Å². The molecule has 3 aliphatic heterocycles. The fraction of sp³-hybridized carbons (Fsp3) is 0.856. The number of aryl methyl sites for hydroxylation is 1. The van der Waals surface area contributed by atoms with Crippen LogP contribution in [-0.4, -0.2) is 303 Å². The van der Waals surface area contributed by atoms with Gasteiger partial charge in [-0.3, -0.25) is 38.2 Å². The van der Waals surface area contributed by atoms with Crippen molar-refractivity contribution in [2.24, 2.45) is 70.5 Å². The van der Waals surface area contributed by atoms with Crippen LogP contribution in [0.25, 0.3) is 0 Å². The Hall–Kier alpha value is -6.27. The molecule has 140 heavy (non-hydrogen) atoms. The first kappa shape index (κ1) is 126. The zero-order valence-electron chi connectivity index (χ0n) is 88.0. The van der Waals surface area contributed by atoms with Crippen molar-refractivity contribution >= 4 is 40.7 Å². The molecular formula is C104H189N11O25. The van der Waals surface area contributed by atoms with Crippen LogP contribution in [0, 0.1) is 53.3 Å². The third kappa shape index (κ3) is 60.0. The maximum absolute atomic E-state index is 14.0. The third-order valence-corrected chi connectivity index (χ3v) is 26.9. The Kier molecular flexibility index (Phi) is 72.8. The SMILES string of the molecule is CCC1O[C@H](OCCOCCOCCOCCN/C=C(\N)CCC(=O)CCCCCC(=O)CCOCC(COCCC(=O)CCCCCC(=O)CC/C(N)=C/NCCOCCOCCOCCO[C@H]2OC(CC)[C@@H](C)C(C)[C@H]2C)(COCCC(=O)NCCCCC(=O)CC/C(N)=C/NCCOCCOCCOCCO[C@H]2OC(CC)[C@@H](C)C(C)[C@H]2C)NC(=O)CCCCCn2ccnn2)[C@H](C)C(C)[C@@H]1C. The van der Waals surface area contributed by atoms with Crippen LogP contribution in [0.15, 0.2) is 48.1 Å². The van der Waals surface area contributed by atoms with Crippen molar-refractivity contribution in [3.63, 3.8) is 0 Å². The summed E-state index contributed by atoms with van der Waals surface area (Å²) in [6, 6.07) is 0. The first-order valence-corrected chi connectivity index (χ1v) is 53.1. The number of ketones is 5. The quantitative estimate of drug-likeness (QED) is 0.0281. The van der Waals surface area contributed by atoms with Crippen molar-refractivity contribution in [1.82, 2.24) is 41.6 Å². The number of amides is 2. The van der Waals surface area contributed by atoms with E-state index in [9.17, 15) is 33.6 Å². The van der Waals surface area contributed by atoms with Crippen molar-refractivity contribution in [3.8, 4) is 0 Å². The number of aromatic nitrogens is 3. The summed E-state index contributed by atoms with van der Waals surface area (Å²) in [5, 5.41) is 23.4. The van der Waals surface area contributed by atoms with Crippen LogP contribution in [-0.2, 0) is 125 Å². The zero-order valence-corrected chi connectivity index (χ0v) is 88.0. The van der Waals surface area contributed by atoms with Gasteiger partial charge in [-0.15, -0.1) is 5.10 Å². The van der Waals surface area contributed by atoms with Gasteiger partial charge in [0.05, 0.1) is 203 Å². The molecule has 0 spiro atoms. The third-order valence-electron chi connectivity index (χ3n) is 26.9. The molecule has 0 aromatic carbocycles. The molecule has 15 atom stereocenters. The minimum atomic E-state index is -1.29. The van der Waals surface area contributed by atoms with E-state index in [0.29, 0.717) is 370 Å². The molecule has 36 heteroatoms. The van der Waals surface area contributed by atoms with Gasteiger partial charge in [-0.05, 0) is 125 Å². The number of ether oxygens (including phenoxy) is 18. The minimum absolute atomic E-state index is 0.000333. The zero-order chi connectivity index (χ0) is 102. The van der Waals surface area contributed by atoms with Crippen LogP contribution in [0.4, 0.5) is 0 Å². The highest BCUT2D eigenvalue weighted by molar-refractivity contribution is 5.80. The second kappa shape index (κ2) is 80.9. The van der Waals surface area contributed by atoms with Crippen molar-refractivity contribution in [2.75, 3.05) is 205 Å². The van der Waals surface area contributed by atoms with E-state index in [1.807, 2.05) is 0 Å². The Bertz CT molecular complexity index is 3140. The number of rotatable bonds is 93. The Morgan fingerprint density at radius 1 is 0.314 bits per heavy atom. The topological polar surface area (TPSA) is 455 Å². The van der Waals surface area contributed by atoms with Crippen LogP contribution >= 0.6 is 0 Å². The first-order valence-electron chi connectivity index (χ1n) is 53.1. The molecule has 1 aromatic rings. The van der Waals surface area contributed by atoms with Crippen LogP contribution in [0.3, 0.4) is 0 Å². The highest BCUT2D eigenvalue weighted by Crippen LogP contribution is 2.39. The van der Waals surface area contributed by atoms with Gasteiger partial charge in [-0.2, -0.15) is 0 Å². The summed E-state index contributed by atoms with van der Waals surface area (Å²) in [7, 11) is 0. The second-order valence-electron chi connectivity index (χ2n) is 38.1. The van der Waals surface area contributed by atoms with Crippen LogP contribution in [0.5, 0.6) is 0 Å². The molecule has 4 rings (SSSR count). The predicted octanol–water partition coefficient (Wildman–Crippen LogP) is 11.8. The average Bonchev–Trinajstić information content (AvgIpc) is 0.883. The van der Waals surface area contributed by atoms with E-state index in [1.165, 1.54) is 0 Å². The van der Waals surface area contributed by atoms with Gasteiger partial charge in [0.1, 0.15) is 34.5 Å². The van der Waals surface area contributed by atoms with E-state index in [-0.39, 0.29) is 143 Å². The average molecular weight is 1990 g/mol. The maximum atomic E-state index is 14.0. The van der Waals surface area contributed by atoms with Crippen LogP contribution in [0.2, 0.25) is 0 Å². The van der Waals surface area contributed by atoms with Crippen molar-refractivity contribution in [3.05, 3.63) is 48.1 Å². The van der Waals surface area contributed by atoms with E-state index < -0.39 is 5.54 Å². The molecule has 0 saturated carbocycles. The molecule has 0 radical (unpaired) electrons. The number of nitrogens with zero attached hydrogens (tertiary/aromatic N) is 3. The molecule has 0 bridgehead atoms. The summed E-state index contributed by atoms with van der Waals surface area (Å²) < 4.78 is 108. The van der Waals surface area contributed by atoms with Gasteiger partial charge in [0, 0.05) is 169 Å². The number of nitrogens with two attached hydrogens (primary N) is 3. The lowest BCUT2D eigenvalue weighted by Crippen LogP contribution is -2.58. The molecule has 1 aromatic heterocycles. The minimum Gasteiger partial charge on any atom is -0.401 e. The summed E-state index contributed by atoms with van der Waals surface area (Å²) >= 11 is 0. The Morgan fingerprint density at radius 3 is 0.943 bits per heavy atom. The smallest absolute Gasteiger partial charge is 0.222 e. The molecule has 810 valence electrons. The maximum Gasteiger partial charge on any atom is 0.222 e. The molecule has 3 saturated heterocycles. The molecule has 11 N–H and O–H groups in total. The van der Waals surface area contributed by atoms with Gasteiger partial charge in [0.2, 0.25) is 11.8 Å². The Labute approximate surface area is 838 Å². The second-order valence-corrected chi connectivity index (χ2v) is 38.1. The number of allylic oxidation sites excluding steroid dienone is 3. The highest BCUT2D eigenvalue weighted by atomic mass is 16.7. The first-order chi connectivity index (χ1) is 67.8. The van der Waals surface area contributed by atoms with E-state index in [0.717, 1.165) is 32.1 Å². The summed E-state index contributed by atoms with van der Waals surface area (Å²) in [6.45, 7) is 38.5. The number of carbonyl (C=O) groups is 7. The highest BCUT2D eigenvalue weighted by Gasteiger charge is 2.42. The lowest BCUT2D eigenvalue weighted by atomic mass is 9.78. The number of hydrogen-bond acceptors (Lipinski definition) is 33. The number of hydrogen-bond donors (Lipinski definition) is 8. The Balaban J connectivity index is 1.15. The standard InChI is InChI=1S/C104H189N11O25/c1-13-96-82(7)79(4)85(10)101(138-96)135-70-67-129-64-61-126-58-55-123-52-44-108-73-88(105)33-36-91(116)27-19-16-21-29-94(119)39-49-132-76-104(113-100(122)32-23-18-26-47-115-48-43-112-114-115,77-133-50-40-95(120)30-22-17-20-28-92(117)37-34-89(106)74-109-45-53-124-56-59-127-62-65-130-68-71-136-102-86(11)80(5)83(8)97(14-2)139-102)78-134-51-41-99(121)111-42-25-24-31-93(118)38-35-90(107)75-110-46-54-125-57-60-128-63-66-131-69-72-137-103-87(12)81(6)84(9)98(15-3)140-103/h43,48,73-75,79-87,96-98,101-103,108-110H,13-42,44-47,49-72,76-78,105-107H2,1-12H3,(H,111,121)(H,113,122)/b88-73-,89-74-,90-75-/t79?,80?,81?,82-,83-,84-,85+,86+,87+,96?,97?,98?,101-,102-,103-,104?/m0/s1. The Morgan fingerprint density at radius 2 is 0.614 bits per heavy atom. The van der Waals surface area contributed by atoms with E-state index in [1.54, 1.807) is 35.7 Å². The molecular weight excluding hydrogens is 1800 g/mol. The van der Waals surface area contributed by atoms with Crippen LogP contribution in [0.1, 0.15) is 269 Å². The molecule has 6 unspecified atom stereocenters. The predicted molar refractivity (Wildman–Crippen MR) is 537 cm³/mol. The van der Waals surface area contributed by atoms with Gasteiger partial charge < -0.3 is 129 Å². The fourth-order valence-electron chi connectivity index (χ4n) is 16.8. The van der Waals surface area contributed by atoms with Crippen molar-refractivity contribution < 1.29 is 119 Å². The van der Waals surface area contributed by atoms with E-state index in [4.69, 9.17) is 102 Å². The molecule has 4 heterocycles. The summed E-state index contributed by atoms with van der Waals surface area (Å²) in [6.07, 6.45) is 22.8. The monoisotopic (exact) mass is 1990 g/mol. The number of unbranched alkanes of at least 4 members (excludes halogenated alkanes) is 7. The molecule has 36 nitrogen and oxygen atoms in total. The number of Topliss-reactive ketones (excluding diaryl/α,β-unsaturated/α-hetero) is 5. The lowest BCUT2D eigenvalue weighted by Gasteiger charge is -2.43.